The van der Waals surface area contributed by atoms with Crippen LogP contribution in [0.5, 0.6) is 0 Å². The van der Waals surface area contributed by atoms with Gasteiger partial charge in [0.2, 0.25) is 0 Å². The van der Waals surface area contributed by atoms with Gasteiger partial charge in [-0.3, -0.25) is 0 Å². The second kappa shape index (κ2) is 2.47. The molecule has 0 heterocycles. The van der Waals surface area contributed by atoms with Crippen molar-refractivity contribution in [3.8, 4) is 0 Å². The van der Waals surface area contributed by atoms with Crippen LogP contribution in [0.4, 0.5) is 0 Å². The van der Waals surface area contributed by atoms with E-state index in [2.05, 4.69) is 4.74 Å². The lowest BCUT2D eigenvalue weighted by atomic mass is 11.5. The molecule has 0 unspecified atom stereocenters. The predicted molar refractivity (Wildman–Crippen MR) is 12.7 cm³/mol. The molecule has 2 nitrogen and oxygen atoms in total. The van der Waals surface area contributed by atoms with Crippen LogP contribution < -0.4 is 0 Å². The van der Waals surface area contributed by atoms with Crippen molar-refractivity contribution >= 4 is 6.47 Å². The van der Waals surface area contributed by atoms with Crippen LogP contribution in [0.2, 0.25) is 0 Å². The minimum atomic E-state index is 1.18. The van der Waals surface area contributed by atoms with E-state index in [-0.39, 0.29) is 0 Å². The zero-order valence-electron chi connectivity index (χ0n) is 2.32. The fourth-order valence-electron chi connectivity index (χ4n) is 0. The molecule has 4 heavy (non-hydrogen) atoms. The molecule has 0 atom stereocenters. The molecule has 0 rings (SSSR count). The smallest absolute Gasteiger partial charge is 0.0362 e. The van der Waals surface area contributed by atoms with E-state index in [1.54, 1.807) is 0 Å². The van der Waals surface area contributed by atoms with E-state index < -0.39 is 0 Å². The van der Waals surface area contributed by atoms with Gasteiger partial charge in [-0.05, 0) is 0 Å². The Labute approximate surface area is 24.4 Å². The fourth-order valence-corrected chi connectivity index (χ4v) is 0. The van der Waals surface area contributed by atoms with Gasteiger partial charge in [0.25, 0.3) is 0 Å². The molecule has 0 fully saturated rings. The van der Waals surface area contributed by atoms with Crippen LogP contribution in [-0.4, -0.2) is 13.6 Å². The third kappa shape index (κ3) is 1.47. The van der Waals surface area contributed by atoms with Crippen LogP contribution in [0.15, 0.2) is 0 Å². The van der Waals surface area contributed by atoms with Gasteiger partial charge in [0.05, 0.1) is 0 Å². The van der Waals surface area contributed by atoms with Crippen molar-refractivity contribution in [2.45, 2.75) is 0 Å². The van der Waals surface area contributed by atoms with Gasteiger partial charge in [0.1, 0.15) is 0 Å². The van der Waals surface area contributed by atoms with Gasteiger partial charge in [0, 0.05) is 7.11 Å². The lowest BCUT2D eigenvalue weighted by molar-refractivity contribution is 0.353. The molecule has 0 aromatic rings. The Balaban J connectivity index is 2.30. The SMILES string of the molecule is CO[C-]=O. The summed E-state index contributed by atoms with van der Waals surface area (Å²) in [6.07, 6.45) is 0. The maximum absolute atomic E-state index is 8.83. The van der Waals surface area contributed by atoms with E-state index in [1.807, 2.05) is 0 Å². The summed E-state index contributed by atoms with van der Waals surface area (Å²) in [5.74, 6) is 0. The van der Waals surface area contributed by atoms with E-state index in [0.717, 1.165) is 0 Å². The summed E-state index contributed by atoms with van der Waals surface area (Å²) in [4.78, 5) is 8.83. The highest BCUT2D eigenvalue weighted by Gasteiger charge is 1.21. The Morgan fingerprint density at radius 2 is 2.25 bits per heavy atom. The highest BCUT2D eigenvalue weighted by atomic mass is 16.5. The molecule has 24 valence electrons. The molecular weight excluding hydrogens is 56.0 g/mol. The molecule has 0 aliphatic carbocycles. The summed E-state index contributed by atoms with van der Waals surface area (Å²) in [5.41, 5.74) is 0. The monoisotopic (exact) mass is 59.0 g/mol. The second-order valence-corrected chi connectivity index (χ2v) is 0.287. The highest BCUT2D eigenvalue weighted by molar-refractivity contribution is 5.37. The standard InChI is InChI=1S/C2H3O2/c1-4-2-3/h1H3/q-1. The normalized spacial score (nSPS) is 5.25. The number of rotatable bonds is 1. The summed E-state index contributed by atoms with van der Waals surface area (Å²) in [6.45, 7) is 1.18. The first kappa shape index (κ1) is 3.47. The Kier molecular flexibility index (Phi) is 2.14. The maximum Gasteiger partial charge on any atom is 0.0362 e. The molecule has 0 aromatic carbocycles. The Morgan fingerprint density at radius 1 is 2.00 bits per heavy atom. The van der Waals surface area contributed by atoms with Gasteiger partial charge in [0.15, 0.2) is 0 Å². The third-order valence-electron chi connectivity index (χ3n) is 0.0833. The lowest BCUT2D eigenvalue weighted by Gasteiger charge is -1.87. The van der Waals surface area contributed by atoms with Gasteiger partial charge < -0.3 is 9.53 Å². The van der Waals surface area contributed by atoms with E-state index in [0.29, 0.717) is 0 Å². The van der Waals surface area contributed by atoms with Crippen LogP contribution in [0.25, 0.3) is 0 Å². The predicted octanol–water partition coefficient (Wildman–Crippen LogP) is -0.300. The van der Waals surface area contributed by atoms with Crippen molar-refractivity contribution in [1.29, 1.82) is 0 Å². The van der Waals surface area contributed by atoms with E-state index >= 15 is 0 Å². The second-order valence-electron chi connectivity index (χ2n) is 0.287. The van der Waals surface area contributed by atoms with Crippen molar-refractivity contribution in [1.82, 2.24) is 0 Å². The molecule has 0 radical (unpaired) electrons. The van der Waals surface area contributed by atoms with Gasteiger partial charge in [-0.15, -0.1) is 0 Å². The molecule has 2 heteroatoms. The van der Waals surface area contributed by atoms with Gasteiger partial charge in [-0.1, -0.05) is 6.47 Å². The summed E-state index contributed by atoms with van der Waals surface area (Å²) in [5, 5.41) is 0. The zero-order chi connectivity index (χ0) is 3.41. The fraction of sp³-hybridized carbons (Fsp3) is 0.500. The third-order valence-corrected chi connectivity index (χ3v) is 0.0833. The molecule has 0 amide bonds. The lowest BCUT2D eigenvalue weighted by Crippen LogP contribution is -1.68. The van der Waals surface area contributed by atoms with Crippen molar-refractivity contribution in [3.05, 3.63) is 0 Å². The minimum Gasteiger partial charge on any atom is -0.655 e. The van der Waals surface area contributed by atoms with Crippen molar-refractivity contribution in [2.75, 3.05) is 7.11 Å². The average Bonchev–Trinajstić information content (AvgIpc) is 1.37. The Bertz CT molecular complexity index is 18.0. The van der Waals surface area contributed by atoms with Crippen LogP contribution in [0.3, 0.4) is 0 Å². The van der Waals surface area contributed by atoms with Crippen LogP contribution in [-0.2, 0) is 9.53 Å². The molecule has 0 saturated carbocycles. The Morgan fingerprint density at radius 3 is 2.25 bits per heavy atom. The minimum absolute atomic E-state index is 1.18. The molecule has 0 aliphatic heterocycles. The summed E-state index contributed by atoms with van der Waals surface area (Å²) < 4.78 is 3.74. The number of methoxy groups -OCH3 is 1. The van der Waals surface area contributed by atoms with Crippen molar-refractivity contribution in [3.63, 3.8) is 0 Å². The first-order valence-electron chi connectivity index (χ1n) is 0.816. The Hall–Kier alpha value is -0.530. The zero-order valence-corrected chi connectivity index (χ0v) is 2.32. The van der Waals surface area contributed by atoms with Crippen LogP contribution in [0, 0.1) is 0 Å². The maximum atomic E-state index is 8.83. The summed E-state index contributed by atoms with van der Waals surface area (Å²) in [7, 11) is 1.26. The quantitative estimate of drug-likeness (QED) is 0.387. The van der Waals surface area contributed by atoms with Gasteiger partial charge >= 0.3 is 0 Å². The van der Waals surface area contributed by atoms with E-state index in [4.69, 9.17) is 4.79 Å². The molecule has 0 aliphatic rings. The molecule has 0 aromatic heterocycles. The van der Waals surface area contributed by atoms with Crippen molar-refractivity contribution < 1.29 is 9.53 Å². The largest absolute Gasteiger partial charge is 0.655 e. The van der Waals surface area contributed by atoms with Gasteiger partial charge in [-0.25, -0.2) is 0 Å². The molecule has 0 spiro atoms. The van der Waals surface area contributed by atoms with E-state index in [1.165, 1.54) is 13.6 Å². The van der Waals surface area contributed by atoms with Gasteiger partial charge in [-0.2, -0.15) is 0 Å². The molecular formula is C2H3O2-. The molecule has 0 bridgehead atoms. The van der Waals surface area contributed by atoms with Crippen LogP contribution in [0.1, 0.15) is 0 Å². The first-order valence-corrected chi connectivity index (χ1v) is 0.816. The number of hydrogen-bond acceptors (Lipinski definition) is 2. The number of carbonyl (C=O) groups excluding carboxylic acids is 1. The highest BCUT2D eigenvalue weighted by Crippen LogP contribution is 1.35. The molecule has 0 N–H and O–H groups in total. The summed E-state index contributed by atoms with van der Waals surface area (Å²) in [6, 6.07) is 0. The topological polar surface area (TPSA) is 26.3 Å². The van der Waals surface area contributed by atoms with Crippen molar-refractivity contribution in [2.24, 2.45) is 0 Å². The summed E-state index contributed by atoms with van der Waals surface area (Å²) >= 11 is 0. The number of hydrogen-bond donors (Lipinski definition) is 0. The van der Waals surface area contributed by atoms with Crippen LogP contribution >= 0.6 is 0 Å². The average molecular weight is 59.0 g/mol. The molecule has 0 saturated heterocycles. The number of ether oxygens (including phenoxy) is 1. The first-order chi connectivity index (χ1) is 1.91. The van der Waals surface area contributed by atoms with E-state index in [9.17, 15) is 0 Å².